The van der Waals surface area contributed by atoms with E-state index in [4.69, 9.17) is 0 Å². The number of aryl methyl sites for hydroxylation is 4. The van der Waals surface area contributed by atoms with Gasteiger partial charge in [-0.25, -0.2) is 4.98 Å². The number of carbonyl (C=O) groups excluding carboxylic acids is 1. The average Bonchev–Trinajstić information content (AvgIpc) is 2.66. The number of para-hydroxylation sites is 1. The van der Waals surface area contributed by atoms with Crippen LogP contribution in [0.5, 0.6) is 0 Å². The number of ketones is 1. The number of aromatic nitrogens is 2. The fourth-order valence-corrected chi connectivity index (χ4v) is 3.46. The van der Waals surface area contributed by atoms with E-state index in [2.05, 4.69) is 46.6 Å². The number of hydrogen-bond acceptors (Lipinski definition) is 5. The van der Waals surface area contributed by atoms with Gasteiger partial charge in [-0.1, -0.05) is 24.3 Å². The van der Waals surface area contributed by atoms with Crippen molar-refractivity contribution in [3.05, 3.63) is 70.4 Å². The van der Waals surface area contributed by atoms with E-state index in [1.807, 2.05) is 37.3 Å². The van der Waals surface area contributed by atoms with Crippen molar-refractivity contribution in [2.45, 2.75) is 40.0 Å². The molecule has 5 nitrogen and oxygen atoms in total. The number of fused-ring (bicyclic) bond motifs is 1. The van der Waals surface area contributed by atoms with Crippen LogP contribution in [0.15, 0.2) is 42.5 Å². The topological polar surface area (TPSA) is 66.9 Å². The van der Waals surface area contributed by atoms with E-state index in [1.54, 1.807) is 0 Å². The Morgan fingerprint density at radius 2 is 1.68 bits per heavy atom. The number of carbonyl (C=O) groups is 1. The summed E-state index contributed by atoms with van der Waals surface area (Å²) in [6.07, 6.45) is 2.16. The van der Waals surface area contributed by atoms with E-state index in [-0.39, 0.29) is 5.78 Å². The van der Waals surface area contributed by atoms with E-state index >= 15 is 0 Å². The molecule has 0 atom stereocenters. The third-order valence-electron chi connectivity index (χ3n) is 5.24. The Hall–Kier alpha value is -3.21. The van der Waals surface area contributed by atoms with Gasteiger partial charge in [-0.3, -0.25) is 4.79 Å². The average molecular weight is 372 g/mol. The predicted molar refractivity (Wildman–Crippen MR) is 113 cm³/mol. The number of hydrogen-bond donors (Lipinski definition) is 2. The van der Waals surface area contributed by atoms with Crippen molar-refractivity contribution >= 4 is 28.9 Å². The third-order valence-corrected chi connectivity index (χ3v) is 5.24. The summed E-state index contributed by atoms with van der Waals surface area (Å²) in [5.41, 5.74) is 6.86. The van der Waals surface area contributed by atoms with Crippen LogP contribution in [0.2, 0.25) is 0 Å². The molecule has 1 aliphatic rings. The van der Waals surface area contributed by atoms with Crippen LogP contribution in [-0.2, 0) is 6.42 Å². The maximum Gasteiger partial charge on any atom is 0.229 e. The minimum absolute atomic E-state index is 0.107. The van der Waals surface area contributed by atoms with E-state index in [1.165, 1.54) is 11.1 Å². The fourth-order valence-electron chi connectivity index (χ4n) is 3.46. The molecule has 2 N–H and O–H groups in total. The summed E-state index contributed by atoms with van der Waals surface area (Å²) in [5.74, 6) is 1.19. The summed E-state index contributed by atoms with van der Waals surface area (Å²) in [5, 5.41) is 6.67. The Kier molecular flexibility index (Phi) is 4.82. The van der Waals surface area contributed by atoms with Crippen LogP contribution >= 0.6 is 0 Å². The molecule has 5 heteroatoms. The molecule has 3 aromatic rings. The number of benzene rings is 2. The van der Waals surface area contributed by atoms with Crippen molar-refractivity contribution in [3.63, 3.8) is 0 Å². The molecule has 1 aliphatic carbocycles. The summed E-state index contributed by atoms with van der Waals surface area (Å²) in [4.78, 5) is 21.9. The fraction of sp³-hybridized carbons (Fsp3) is 0.261. The molecule has 4 rings (SSSR count). The molecular weight excluding hydrogens is 348 g/mol. The van der Waals surface area contributed by atoms with E-state index in [0.29, 0.717) is 23.8 Å². The summed E-state index contributed by atoms with van der Waals surface area (Å²) < 4.78 is 0. The molecule has 142 valence electrons. The molecule has 1 aromatic heterocycles. The predicted octanol–water partition coefficient (Wildman–Crippen LogP) is 5.41. The minimum atomic E-state index is 0.107. The first-order valence-electron chi connectivity index (χ1n) is 9.62. The minimum Gasteiger partial charge on any atom is -0.339 e. The first-order valence-corrected chi connectivity index (χ1v) is 9.62. The molecule has 0 saturated heterocycles. The highest BCUT2D eigenvalue weighted by Gasteiger charge is 2.25. The van der Waals surface area contributed by atoms with Gasteiger partial charge in [0.25, 0.3) is 0 Å². The zero-order valence-electron chi connectivity index (χ0n) is 16.5. The second-order valence-electron chi connectivity index (χ2n) is 7.36. The lowest BCUT2D eigenvalue weighted by molar-refractivity contribution is 0.0972. The highest BCUT2D eigenvalue weighted by molar-refractivity contribution is 6.03. The lowest BCUT2D eigenvalue weighted by atomic mass is 9.95. The molecule has 0 unspecified atom stereocenters. The Morgan fingerprint density at radius 3 is 2.46 bits per heavy atom. The molecule has 0 saturated carbocycles. The molecule has 0 fully saturated rings. The van der Waals surface area contributed by atoms with Crippen molar-refractivity contribution in [3.8, 4) is 0 Å². The third kappa shape index (κ3) is 3.60. The van der Waals surface area contributed by atoms with Gasteiger partial charge in [0.1, 0.15) is 5.82 Å². The second-order valence-corrected chi connectivity index (χ2v) is 7.36. The van der Waals surface area contributed by atoms with Crippen LogP contribution < -0.4 is 10.6 Å². The van der Waals surface area contributed by atoms with Gasteiger partial charge >= 0.3 is 0 Å². The lowest BCUT2D eigenvalue weighted by Gasteiger charge is -2.20. The Labute approximate surface area is 165 Å². The molecule has 0 bridgehead atoms. The van der Waals surface area contributed by atoms with Crippen LogP contribution in [0.4, 0.5) is 23.1 Å². The largest absolute Gasteiger partial charge is 0.339 e. The highest BCUT2D eigenvalue weighted by atomic mass is 16.1. The first-order chi connectivity index (χ1) is 13.5. The number of Topliss-reactive ketones (excluding diaryl/α,β-unsaturated/α-hetero) is 1. The van der Waals surface area contributed by atoms with Gasteiger partial charge in [0.2, 0.25) is 5.95 Å². The summed E-state index contributed by atoms with van der Waals surface area (Å²) in [7, 11) is 0. The van der Waals surface area contributed by atoms with Gasteiger partial charge in [0.05, 0.1) is 11.3 Å². The Morgan fingerprint density at radius 1 is 0.857 bits per heavy atom. The zero-order chi connectivity index (χ0) is 19.7. The smallest absolute Gasteiger partial charge is 0.229 e. The van der Waals surface area contributed by atoms with Crippen LogP contribution in [0.25, 0.3) is 0 Å². The van der Waals surface area contributed by atoms with Crippen LogP contribution in [0.1, 0.15) is 45.6 Å². The maximum absolute atomic E-state index is 12.6. The number of rotatable bonds is 4. The number of nitrogens with one attached hydrogen (secondary N) is 2. The van der Waals surface area contributed by atoms with E-state index in [0.717, 1.165) is 35.5 Å². The molecular formula is C23H24N4O. The zero-order valence-corrected chi connectivity index (χ0v) is 16.5. The first kappa shape index (κ1) is 18.2. The van der Waals surface area contributed by atoms with Gasteiger partial charge in [-0.15, -0.1) is 0 Å². The van der Waals surface area contributed by atoms with Gasteiger partial charge in [-0.2, -0.15) is 4.98 Å². The van der Waals surface area contributed by atoms with Gasteiger partial charge < -0.3 is 10.6 Å². The monoisotopic (exact) mass is 372 g/mol. The summed E-state index contributed by atoms with van der Waals surface area (Å²) in [6, 6.07) is 14.2. The molecule has 0 spiro atoms. The number of anilines is 4. The quantitative estimate of drug-likeness (QED) is 0.641. The normalized spacial score (nSPS) is 13.2. The highest BCUT2D eigenvalue weighted by Crippen LogP contribution is 2.30. The van der Waals surface area contributed by atoms with Crippen LogP contribution in [0, 0.1) is 20.8 Å². The van der Waals surface area contributed by atoms with Gasteiger partial charge in [0.15, 0.2) is 5.78 Å². The van der Waals surface area contributed by atoms with Crippen molar-refractivity contribution in [2.24, 2.45) is 0 Å². The summed E-state index contributed by atoms with van der Waals surface area (Å²) >= 11 is 0. The lowest BCUT2D eigenvalue weighted by Crippen LogP contribution is -2.18. The van der Waals surface area contributed by atoms with Crippen molar-refractivity contribution < 1.29 is 4.79 Å². The van der Waals surface area contributed by atoms with E-state index in [9.17, 15) is 4.79 Å². The van der Waals surface area contributed by atoms with Crippen LogP contribution in [-0.4, -0.2) is 15.8 Å². The van der Waals surface area contributed by atoms with Gasteiger partial charge in [-0.05, 0) is 68.5 Å². The molecule has 0 aliphatic heterocycles. The van der Waals surface area contributed by atoms with Gasteiger partial charge in [0, 0.05) is 17.8 Å². The van der Waals surface area contributed by atoms with Crippen molar-refractivity contribution in [1.82, 2.24) is 9.97 Å². The molecule has 28 heavy (non-hydrogen) atoms. The molecule has 0 amide bonds. The van der Waals surface area contributed by atoms with Crippen molar-refractivity contribution in [1.29, 1.82) is 0 Å². The molecule has 0 radical (unpaired) electrons. The summed E-state index contributed by atoms with van der Waals surface area (Å²) in [6.45, 7) is 6.20. The Bertz CT molecular complexity index is 1060. The standard InChI is InChI=1S/C23H24N4O/c1-14-11-12-17(13-16(14)3)24-23-26-19-9-6-10-20(28)21(19)22(27-23)25-18-8-5-4-7-15(18)2/h4-5,7-8,11-13H,6,9-10H2,1-3H3,(H2,24,25,26,27). The maximum atomic E-state index is 12.6. The number of nitrogens with zero attached hydrogens (tertiary/aromatic N) is 2. The second kappa shape index (κ2) is 7.43. The van der Waals surface area contributed by atoms with Crippen molar-refractivity contribution in [2.75, 3.05) is 10.6 Å². The molecule has 2 aromatic carbocycles. The SMILES string of the molecule is Cc1ccc(Nc2nc3c(c(Nc4ccccc4C)n2)C(=O)CCC3)cc1C. The van der Waals surface area contributed by atoms with Crippen LogP contribution in [0.3, 0.4) is 0 Å². The molecule has 1 heterocycles. The Balaban J connectivity index is 1.75. The van der Waals surface area contributed by atoms with E-state index < -0.39 is 0 Å².